The van der Waals surface area contributed by atoms with E-state index in [2.05, 4.69) is 10.4 Å². The lowest BCUT2D eigenvalue weighted by Gasteiger charge is -2.04. The maximum absolute atomic E-state index is 13.4. The van der Waals surface area contributed by atoms with E-state index in [-0.39, 0.29) is 5.82 Å². The molecule has 1 aromatic heterocycles. The van der Waals surface area contributed by atoms with E-state index in [0.29, 0.717) is 12.1 Å². The topological polar surface area (TPSA) is 29.9 Å². The number of benzene rings is 1. The second-order valence-corrected chi connectivity index (χ2v) is 3.71. The Morgan fingerprint density at radius 1 is 1.38 bits per heavy atom. The molecule has 0 aliphatic carbocycles. The predicted molar refractivity (Wildman–Crippen MR) is 61.4 cm³/mol. The quantitative estimate of drug-likeness (QED) is 0.855. The molecule has 0 amide bonds. The van der Waals surface area contributed by atoms with Gasteiger partial charge in [-0.05, 0) is 31.3 Å². The van der Waals surface area contributed by atoms with E-state index in [9.17, 15) is 4.39 Å². The molecule has 1 aromatic carbocycles. The molecule has 0 saturated carbocycles. The van der Waals surface area contributed by atoms with Crippen LogP contribution in [0.5, 0.6) is 0 Å². The molecule has 0 spiro atoms. The van der Waals surface area contributed by atoms with Gasteiger partial charge in [-0.15, -0.1) is 0 Å². The van der Waals surface area contributed by atoms with Gasteiger partial charge < -0.3 is 5.32 Å². The normalized spacial score (nSPS) is 10.7. The SMILES string of the molecule is CNCc1cc(-c2ccn(C)n2)ccc1F. The number of hydrogen-bond donors (Lipinski definition) is 1. The number of nitrogens with one attached hydrogen (secondary N) is 1. The summed E-state index contributed by atoms with van der Waals surface area (Å²) in [4.78, 5) is 0. The molecule has 2 aromatic rings. The standard InChI is InChI=1S/C12H14FN3/c1-14-8-10-7-9(3-4-11(10)13)12-5-6-16(2)15-12/h3-7,14H,8H2,1-2H3. The molecule has 84 valence electrons. The summed E-state index contributed by atoms with van der Waals surface area (Å²) in [6.07, 6.45) is 1.87. The lowest BCUT2D eigenvalue weighted by Crippen LogP contribution is -2.07. The van der Waals surface area contributed by atoms with Crippen LogP contribution in [0.25, 0.3) is 11.3 Å². The van der Waals surface area contributed by atoms with Crippen LogP contribution in [0.1, 0.15) is 5.56 Å². The van der Waals surface area contributed by atoms with Crippen LogP contribution < -0.4 is 5.32 Å². The summed E-state index contributed by atoms with van der Waals surface area (Å²) in [7, 11) is 3.66. The maximum atomic E-state index is 13.4. The molecule has 0 aliphatic heterocycles. The summed E-state index contributed by atoms with van der Waals surface area (Å²) in [5.74, 6) is -0.186. The van der Waals surface area contributed by atoms with Crippen molar-refractivity contribution in [2.75, 3.05) is 7.05 Å². The number of nitrogens with zero attached hydrogens (tertiary/aromatic N) is 2. The van der Waals surface area contributed by atoms with Gasteiger partial charge in [-0.3, -0.25) is 4.68 Å². The average Bonchev–Trinajstić information content (AvgIpc) is 2.69. The van der Waals surface area contributed by atoms with Crippen molar-refractivity contribution in [3.8, 4) is 11.3 Å². The van der Waals surface area contributed by atoms with Crippen LogP contribution in [-0.2, 0) is 13.6 Å². The summed E-state index contributed by atoms with van der Waals surface area (Å²) in [5.41, 5.74) is 2.46. The van der Waals surface area contributed by atoms with E-state index < -0.39 is 0 Å². The molecule has 3 nitrogen and oxygen atoms in total. The molecule has 0 aliphatic rings. The van der Waals surface area contributed by atoms with E-state index in [4.69, 9.17) is 0 Å². The second-order valence-electron chi connectivity index (χ2n) is 3.71. The third-order valence-corrected chi connectivity index (χ3v) is 2.42. The van der Waals surface area contributed by atoms with E-state index in [0.717, 1.165) is 11.3 Å². The first-order valence-corrected chi connectivity index (χ1v) is 5.14. The van der Waals surface area contributed by atoms with Crippen LogP contribution >= 0.6 is 0 Å². The van der Waals surface area contributed by atoms with Gasteiger partial charge in [-0.1, -0.05) is 0 Å². The number of halogens is 1. The van der Waals surface area contributed by atoms with Gasteiger partial charge in [0.2, 0.25) is 0 Å². The molecule has 0 unspecified atom stereocenters. The maximum Gasteiger partial charge on any atom is 0.127 e. The van der Waals surface area contributed by atoms with E-state index in [1.807, 2.05) is 25.4 Å². The zero-order valence-electron chi connectivity index (χ0n) is 9.37. The fourth-order valence-electron chi connectivity index (χ4n) is 1.63. The Hall–Kier alpha value is -1.68. The first-order chi connectivity index (χ1) is 7.70. The van der Waals surface area contributed by atoms with Gasteiger partial charge in [0, 0.05) is 30.9 Å². The highest BCUT2D eigenvalue weighted by atomic mass is 19.1. The van der Waals surface area contributed by atoms with Gasteiger partial charge in [0.15, 0.2) is 0 Å². The number of aromatic nitrogens is 2. The minimum absolute atomic E-state index is 0.186. The summed E-state index contributed by atoms with van der Waals surface area (Å²) in [5, 5.41) is 7.23. The predicted octanol–water partition coefficient (Wildman–Crippen LogP) is 1.95. The van der Waals surface area contributed by atoms with Gasteiger partial charge in [0.05, 0.1) is 5.69 Å². The molecule has 0 saturated heterocycles. The van der Waals surface area contributed by atoms with Crippen molar-refractivity contribution in [1.82, 2.24) is 15.1 Å². The van der Waals surface area contributed by atoms with Gasteiger partial charge in [-0.25, -0.2) is 4.39 Å². The Morgan fingerprint density at radius 2 is 2.19 bits per heavy atom. The zero-order chi connectivity index (χ0) is 11.5. The average molecular weight is 219 g/mol. The fraction of sp³-hybridized carbons (Fsp3) is 0.250. The summed E-state index contributed by atoms with van der Waals surface area (Å²) < 4.78 is 15.1. The van der Waals surface area contributed by atoms with Gasteiger partial charge >= 0.3 is 0 Å². The Bertz CT molecular complexity index is 491. The van der Waals surface area contributed by atoms with Crippen LogP contribution in [0.2, 0.25) is 0 Å². The molecule has 0 radical (unpaired) electrons. The van der Waals surface area contributed by atoms with Gasteiger partial charge in [-0.2, -0.15) is 5.10 Å². The lowest BCUT2D eigenvalue weighted by molar-refractivity contribution is 0.601. The smallest absolute Gasteiger partial charge is 0.127 e. The largest absolute Gasteiger partial charge is 0.316 e. The Balaban J connectivity index is 2.39. The molecule has 1 N–H and O–H groups in total. The number of rotatable bonds is 3. The van der Waals surface area contributed by atoms with Crippen LogP contribution in [-0.4, -0.2) is 16.8 Å². The monoisotopic (exact) mass is 219 g/mol. The highest BCUT2D eigenvalue weighted by molar-refractivity contribution is 5.59. The molecule has 16 heavy (non-hydrogen) atoms. The second kappa shape index (κ2) is 4.45. The highest BCUT2D eigenvalue weighted by Gasteiger charge is 2.06. The van der Waals surface area contributed by atoms with Crippen molar-refractivity contribution >= 4 is 0 Å². The van der Waals surface area contributed by atoms with E-state index >= 15 is 0 Å². The van der Waals surface area contributed by atoms with Gasteiger partial charge in [0.25, 0.3) is 0 Å². The zero-order valence-corrected chi connectivity index (χ0v) is 9.37. The Morgan fingerprint density at radius 3 is 2.81 bits per heavy atom. The molecule has 1 heterocycles. The highest BCUT2D eigenvalue weighted by Crippen LogP contribution is 2.20. The molecule has 0 bridgehead atoms. The first kappa shape index (κ1) is 10.8. The van der Waals surface area contributed by atoms with Crippen molar-refractivity contribution < 1.29 is 4.39 Å². The van der Waals surface area contributed by atoms with Crippen molar-refractivity contribution in [1.29, 1.82) is 0 Å². The van der Waals surface area contributed by atoms with Crippen LogP contribution in [0.3, 0.4) is 0 Å². The fourth-order valence-corrected chi connectivity index (χ4v) is 1.63. The van der Waals surface area contributed by atoms with Crippen LogP contribution in [0.15, 0.2) is 30.5 Å². The molecule has 0 fully saturated rings. The van der Waals surface area contributed by atoms with E-state index in [1.54, 1.807) is 17.8 Å². The van der Waals surface area contributed by atoms with Crippen LogP contribution in [0.4, 0.5) is 4.39 Å². The Labute approximate surface area is 93.9 Å². The van der Waals surface area contributed by atoms with Crippen molar-refractivity contribution in [3.05, 3.63) is 41.8 Å². The van der Waals surface area contributed by atoms with Crippen LogP contribution in [0, 0.1) is 5.82 Å². The third kappa shape index (κ3) is 2.12. The molecule has 2 rings (SSSR count). The number of aryl methyl sites for hydroxylation is 1. The van der Waals surface area contributed by atoms with Crippen molar-refractivity contribution in [2.45, 2.75) is 6.54 Å². The van der Waals surface area contributed by atoms with Crippen molar-refractivity contribution in [2.24, 2.45) is 7.05 Å². The molecular weight excluding hydrogens is 205 g/mol. The molecular formula is C12H14FN3. The number of hydrogen-bond acceptors (Lipinski definition) is 2. The van der Waals surface area contributed by atoms with Gasteiger partial charge in [0.1, 0.15) is 5.82 Å². The minimum atomic E-state index is -0.186. The first-order valence-electron chi connectivity index (χ1n) is 5.14. The summed E-state index contributed by atoms with van der Waals surface area (Å²) in [6, 6.07) is 6.97. The Kier molecular flexibility index (Phi) is 3.01. The summed E-state index contributed by atoms with van der Waals surface area (Å²) >= 11 is 0. The van der Waals surface area contributed by atoms with E-state index in [1.165, 1.54) is 6.07 Å². The molecule has 4 heteroatoms. The minimum Gasteiger partial charge on any atom is -0.316 e. The molecule has 0 atom stereocenters. The van der Waals surface area contributed by atoms with Crippen molar-refractivity contribution in [3.63, 3.8) is 0 Å². The third-order valence-electron chi connectivity index (χ3n) is 2.42. The lowest BCUT2D eigenvalue weighted by atomic mass is 10.1. The summed E-state index contributed by atoms with van der Waals surface area (Å²) in [6.45, 7) is 0.520.